The molecule has 1 N–H and O–H groups in total. The molecule has 1 atom stereocenters. The zero-order valence-corrected chi connectivity index (χ0v) is 21.4. The SMILES string of the molecule is CCCCSc1nnc2c(n1)O[C@H](c1ccc(-c3cccc(C(F)(F)F)c3)o1)Nc1ccc(Br)cc1-2. The number of anilines is 1. The number of aromatic nitrogens is 3. The minimum Gasteiger partial charge on any atom is -0.455 e. The Morgan fingerprint density at radius 3 is 2.75 bits per heavy atom. The van der Waals surface area contributed by atoms with Crippen LogP contribution in [0.25, 0.3) is 22.6 Å². The highest BCUT2D eigenvalue weighted by Gasteiger charge is 2.31. The maximum atomic E-state index is 13.2. The largest absolute Gasteiger partial charge is 0.455 e. The number of nitrogens with zero attached hydrogens (tertiary/aromatic N) is 3. The summed E-state index contributed by atoms with van der Waals surface area (Å²) in [5.41, 5.74) is 1.52. The number of nitrogens with one attached hydrogen (secondary N) is 1. The van der Waals surface area contributed by atoms with Crippen molar-refractivity contribution in [2.75, 3.05) is 11.1 Å². The third-order valence-electron chi connectivity index (χ3n) is 5.48. The van der Waals surface area contributed by atoms with Gasteiger partial charge in [0, 0.05) is 27.0 Å². The molecule has 4 aromatic rings. The number of unbranched alkanes of at least 4 members (excludes halogenated alkanes) is 1. The van der Waals surface area contributed by atoms with Gasteiger partial charge in [-0.1, -0.05) is 53.2 Å². The monoisotopic (exact) mass is 576 g/mol. The van der Waals surface area contributed by atoms with Crippen molar-refractivity contribution in [2.45, 2.75) is 37.3 Å². The lowest BCUT2D eigenvalue weighted by Gasteiger charge is -2.17. The Hall–Kier alpha value is -3.05. The Balaban J connectivity index is 1.50. The van der Waals surface area contributed by atoms with Gasteiger partial charge in [-0.2, -0.15) is 18.2 Å². The number of thioether (sulfide) groups is 1. The van der Waals surface area contributed by atoms with E-state index < -0.39 is 18.0 Å². The normalized spacial score (nSPS) is 14.9. The van der Waals surface area contributed by atoms with Gasteiger partial charge in [0.15, 0.2) is 11.5 Å². The molecular formula is C25H20BrF3N4O2S. The molecule has 5 rings (SSSR count). The van der Waals surface area contributed by atoms with Crippen LogP contribution in [0.3, 0.4) is 0 Å². The van der Waals surface area contributed by atoms with Crippen LogP contribution in [0.4, 0.5) is 18.9 Å². The van der Waals surface area contributed by atoms with Gasteiger partial charge in [-0.05, 0) is 48.9 Å². The maximum Gasteiger partial charge on any atom is 0.416 e. The number of hydrogen-bond acceptors (Lipinski definition) is 7. The third-order valence-corrected chi connectivity index (χ3v) is 6.89. The predicted octanol–water partition coefficient (Wildman–Crippen LogP) is 7.98. The third kappa shape index (κ3) is 5.22. The topological polar surface area (TPSA) is 73.1 Å². The molecule has 36 heavy (non-hydrogen) atoms. The van der Waals surface area contributed by atoms with Crippen molar-refractivity contribution in [1.29, 1.82) is 0 Å². The zero-order valence-electron chi connectivity index (χ0n) is 19.0. The summed E-state index contributed by atoms with van der Waals surface area (Å²) in [5, 5.41) is 12.5. The fourth-order valence-corrected chi connectivity index (χ4v) is 4.89. The van der Waals surface area contributed by atoms with Crippen molar-refractivity contribution in [1.82, 2.24) is 15.2 Å². The minimum absolute atomic E-state index is 0.287. The first-order valence-corrected chi connectivity index (χ1v) is 13.0. The van der Waals surface area contributed by atoms with Crippen molar-refractivity contribution >= 4 is 33.4 Å². The first-order valence-electron chi connectivity index (χ1n) is 11.2. The van der Waals surface area contributed by atoms with Gasteiger partial charge in [-0.3, -0.25) is 0 Å². The lowest BCUT2D eigenvalue weighted by Crippen LogP contribution is -2.16. The van der Waals surface area contributed by atoms with Crippen molar-refractivity contribution in [2.24, 2.45) is 0 Å². The molecule has 3 heterocycles. The van der Waals surface area contributed by atoms with Gasteiger partial charge in [0.25, 0.3) is 0 Å². The molecule has 1 aliphatic heterocycles. The van der Waals surface area contributed by atoms with Gasteiger partial charge in [0.2, 0.25) is 17.3 Å². The average molecular weight is 577 g/mol. The van der Waals surface area contributed by atoms with E-state index in [4.69, 9.17) is 9.15 Å². The lowest BCUT2D eigenvalue weighted by atomic mass is 10.1. The second-order valence-corrected chi connectivity index (χ2v) is 10.0. The number of furan rings is 1. The molecule has 0 spiro atoms. The Morgan fingerprint density at radius 2 is 1.94 bits per heavy atom. The summed E-state index contributed by atoms with van der Waals surface area (Å²) in [6.45, 7) is 2.11. The van der Waals surface area contributed by atoms with Crippen molar-refractivity contribution < 1.29 is 22.3 Å². The van der Waals surface area contributed by atoms with Gasteiger partial charge < -0.3 is 14.5 Å². The molecule has 2 aromatic heterocycles. The first-order chi connectivity index (χ1) is 17.3. The summed E-state index contributed by atoms with van der Waals surface area (Å²) in [5.74, 6) is 1.82. The van der Waals surface area contributed by atoms with Crippen molar-refractivity contribution in [3.05, 3.63) is 70.4 Å². The number of rotatable bonds is 6. The molecule has 0 saturated heterocycles. The predicted molar refractivity (Wildman–Crippen MR) is 135 cm³/mol. The van der Waals surface area contributed by atoms with Crippen molar-refractivity contribution in [3.63, 3.8) is 0 Å². The van der Waals surface area contributed by atoms with E-state index in [0.717, 1.165) is 46.5 Å². The molecule has 0 fully saturated rings. The Kier molecular flexibility index (Phi) is 6.94. The van der Waals surface area contributed by atoms with Crippen LogP contribution in [0.5, 0.6) is 5.88 Å². The Labute approximate surface area is 217 Å². The summed E-state index contributed by atoms with van der Waals surface area (Å²) in [7, 11) is 0. The van der Waals surface area contributed by atoms with Crippen molar-refractivity contribution in [3.8, 4) is 28.5 Å². The molecule has 2 aromatic carbocycles. The van der Waals surface area contributed by atoms with E-state index in [-0.39, 0.29) is 5.88 Å². The fraction of sp³-hybridized carbons (Fsp3) is 0.240. The van der Waals surface area contributed by atoms with E-state index in [1.807, 2.05) is 18.2 Å². The summed E-state index contributed by atoms with van der Waals surface area (Å²) >= 11 is 4.99. The number of ether oxygens (including phenoxy) is 1. The fourth-order valence-electron chi connectivity index (χ4n) is 3.67. The van der Waals surface area contributed by atoms with Crippen LogP contribution < -0.4 is 10.1 Å². The summed E-state index contributed by atoms with van der Waals surface area (Å²) in [6.07, 6.45) is -3.16. The van der Waals surface area contributed by atoms with Gasteiger partial charge in [-0.25, -0.2) is 0 Å². The minimum atomic E-state index is -4.45. The lowest BCUT2D eigenvalue weighted by molar-refractivity contribution is -0.137. The van der Waals surface area contributed by atoms with Crippen LogP contribution in [0.2, 0.25) is 0 Å². The van der Waals surface area contributed by atoms with E-state index in [1.54, 1.807) is 18.2 Å². The maximum absolute atomic E-state index is 13.2. The number of halogens is 4. The van der Waals surface area contributed by atoms with Gasteiger partial charge >= 0.3 is 6.18 Å². The molecule has 6 nitrogen and oxygen atoms in total. The molecule has 0 unspecified atom stereocenters. The number of benzene rings is 2. The van der Waals surface area contributed by atoms with E-state index in [2.05, 4.69) is 43.4 Å². The van der Waals surface area contributed by atoms with Crippen LogP contribution in [-0.4, -0.2) is 20.9 Å². The molecule has 0 amide bonds. The van der Waals surface area contributed by atoms with Crippen LogP contribution in [0.1, 0.15) is 37.3 Å². The number of alkyl halides is 3. The number of hydrogen-bond donors (Lipinski definition) is 1. The summed E-state index contributed by atoms with van der Waals surface area (Å²) in [6, 6.07) is 13.9. The highest BCUT2D eigenvalue weighted by atomic mass is 79.9. The van der Waals surface area contributed by atoms with Crippen LogP contribution in [0.15, 0.2) is 68.6 Å². The van der Waals surface area contributed by atoms with E-state index >= 15 is 0 Å². The Bertz CT molecular complexity index is 1400. The van der Waals surface area contributed by atoms with Crippen LogP contribution in [-0.2, 0) is 6.18 Å². The molecule has 1 aliphatic rings. The first kappa shape index (κ1) is 24.6. The van der Waals surface area contributed by atoms with Gasteiger partial charge in [0.1, 0.15) is 5.76 Å². The highest BCUT2D eigenvalue weighted by molar-refractivity contribution is 9.10. The quantitative estimate of drug-likeness (QED) is 0.184. The Morgan fingerprint density at radius 1 is 1.08 bits per heavy atom. The smallest absolute Gasteiger partial charge is 0.416 e. The molecule has 0 radical (unpaired) electrons. The molecule has 0 aliphatic carbocycles. The molecule has 186 valence electrons. The van der Waals surface area contributed by atoms with Crippen LogP contribution in [0, 0.1) is 0 Å². The van der Waals surface area contributed by atoms with Gasteiger partial charge in [0.05, 0.1) is 5.56 Å². The summed E-state index contributed by atoms with van der Waals surface area (Å²) < 4.78 is 52.6. The molecule has 0 bridgehead atoms. The highest BCUT2D eigenvalue weighted by Crippen LogP contribution is 2.42. The average Bonchev–Trinajstić information content (AvgIpc) is 3.29. The standard InChI is InChI=1S/C25H20BrF3N4O2S/c1-2-3-11-36-24-31-23-21(32-33-24)17-13-16(26)7-8-18(17)30-22(35-23)20-10-9-19(34-20)14-5-4-6-15(12-14)25(27,28)29/h4-10,12-13,22,30H,2-3,11H2,1H3/t22-/m1/s1. The second-order valence-electron chi connectivity index (χ2n) is 8.06. The second kappa shape index (κ2) is 10.1. The van der Waals surface area contributed by atoms with Gasteiger partial charge in [-0.15, -0.1) is 10.2 Å². The van der Waals surface area contributed by atoms with Crippen LogP contribution >= 0.6 is 27.7 Å². The molecule has 0 saturated carbocycles. The zero-order chi connectivity index (χ0) is 25.3. The molecule has 11 heteroatoms. The summed E-state index contributed by atoms with van der Waals surface area (Å²) in [4.78, 5) is 4.60. The number of fused-ring (bicyclic) bond motifs is 3. The van der Waals surface area contributed by atoms with E-state index in [9.17, 15) is 13.2 Å². The van der Waals surface area contributed by atoms with E-state index in [0.29, 0.717) is 27.9 Å². The molecular weight excluding hydrogens is 557 g/mol. The van der Waals surface area contributed by atoms with E-state index in [1.165, 1.54) is 17.8 Å².